The zero-order valence-electron chi connectivity index (χ0n) is 20.3. The maximum atomic E-state index is 13.9. The number of benzene rings is 3. The van der Waals surface area contributed by atoms with E-state index in [1.165, 1.54) is 29.2 Å². The Morgan fingerprint density at radius 2 is 1.27 bits per heavy atom. The molecule has 0 aliphatic heterocycles. The fourth-order valence-electron chi connectivity index (χ4n) is 3.84. The maximum Gasteiger partial charge on any atom is 0.416 e. The zero-order valence-corrected chi connectivity index (χ0v) is 20.3. The van der Waals surface area contributed by atoms with Gasteiger partial charge in [-0.1, -0.05) is 49.0 Å². The molecule has 3 rings (SSSR count). The predicted molar refractivity (Wildman–Crippen MR) is 131 cm³/mol. The van der Waals surface area contributed by atoms with Crippen molar-refractivity contribution in [3.05, 3.63) is 113 Å². The van der Waals surface area contributed by atoms with E-state index in [-0.39, 0.29) is 18.7 Å². The second-order valence-corrected chi connectivity index (χ2v) is 8.71. The molecule has 0 N–H and O–H groups in total. The molecule has 0 saturated heterocycles. The molecule has 0 spiro atoms. The number of carbonyl (C=O) groups excluding carboxylic acids is 1. The smallest absolute Gasteiger partial charge is 0.380 e. The summed E-state index contributed by atoms with van der Waals surface area (Å²) >= 11 is 0. The lowest BCUT2D eigenvalue weighted by Crippen LogP contribution is -2.39. The lowest BCUT2D eigenvalue weighted by atomic mass is 9.93. The van der Waals surface area contributed by atoms with Gasteiger partial charge in [0.1, 0.15) is 5.92 Å². The number of halogens is 6. The molecule has 1 unspecified atom stereocenters. The van der Waals surface area contributed by atoms with Crippen LogP contribution in [0.5, 0.6) is 0 Å². The molecule has 1 atom stereocenters. The minimum Gasteiger partial charge on any atom is -0.380 e. The van der Waals surface area contributed by atoms with E-state index in [1.54, 1.807) is 49.3 Å². The number of alkyl halides is 6. The summed E-state index contributed by atoms with van der Waals surface area (Å²) in [5.74, 6) is -1.25. The van der Waals surface area contributed by atoms with Crippen molar-refractivity contribution in [1.29, 1.82) is 0 Å². The first-order chi connectivity index (χ1) is 17.3. The van der Waals surface area contributed by atoms with Gasteiger partial charge in [0.15, 0.2) is 0 Å². The van der Waals surface area contributed by atoms with Crippen molar-refractivity contribution >= 4 is 11.6 Å². The predicted octanol–water partition coefficient (Wildman–Crippen LogP) is 7.16. The molecular weight excluding hydrogens is 494 g/mol. The third-order valence-electron chi connectivity index (χ3n) is 5.97. The third kappa shape index (κ3) is 6.93. The molecule has 0 aliphatic carbocycles. The minimum atomic E-state index is -4.54. The highest BCUT2D eigenvalue weighted by Crippen LogP contribution is 2.33. The highest BCUT2D eigenvalue weighted by atomic mass is 19.4. The number of amides is 1. The summed E-state index contributed by atoms with van der Waals surface area (Å²) in [4.78, 5) is 17.0. The largest absolute Gasteiger partial charge is 0.416 e. The molecular formula is C28H26F6N2O. The summed E-state index contributed by atoms with van der Waals surface area (Å²) in [5, 5.41) is 0. The van der Waals surface area contributed by atoms with Crippen molar-refractivity contribution in [3.63, 3.8) is 0 Å². The highest BCUT2D eigenvalue weighted by Gasteiger charge is 2.33. The van der Waals surface area contributed by atoms with E-state index < -0.39 is 35.3 Å². The monoisotopic (exact) mass is 520 g/mol. The van der Waals surface area contributed by atoms with Gasteiger partial charge in [-0.15, -0.1) is 0 Å². The van der Waals surface area contributed by atoms with Gasteiger partial charge in [0.25, 0.3) is 0 Å². The molecule has 0 heterocycles. The zero-order chi connectivity index (χ0) is 27.4. The standard InChI is InChI=1S/C28H26F6N2O/c1-19(35(2)3)25(21-7-5-4-6-8-21)26(37)36(24-15-13-23(14-16-24)28(32,33)34)18-17-20-9-11-22(12-10-20)27(29,30)31/h4-16,25H,1,17-18H2,2-3H3. The van der Waals surface area contributed by atoms with E-state index in [0.29, 0.717) is 16.8 Å². The molecule has 0 aromatic heterocycles. The first kappa shape index (κ1) is 27.8. The number of anilines is 1. The molecule has 196 valence electrons. The Labute approximate surface area is 211 Å². The Morgan fingerprint density at radius 3 is 1.73 bits per heavy atom. The van der Waals surface area contributed by atoms with Gasteiger partial charge in [-0.3, -0.25) is 4.79 Å². The molecule has 0 saturated carbocycles. The summed E-state index contributed by atoms with van der Waals surface area (Å²) in [6, 6.07) is 17.6. The van der Waals surface area contributed by atoms with Crippen LogP contribution >= 0.6 is 0 Å². The number of hydrogen-bond acceptors (Lipinski definition) is 2. The van der Waals surface area contributed by atoms with E-state index in [2.05, 4.69) is 6.58 Å². The van der Waals surface area contributed by atoms with Crippen molar-refractivity contribution < 1.29 is 31.1 Å². The highest BCUT2D eigenvalue weighted by molar-refractivity contribution is 6.00. The van der Waals surface area contributed by atoms with Gasteiger partial charge in [-0.25, -0.2) is 0 Å². The van der Waals surface area contributed by atoms with E-state index in [0.717, 1.165) is 24.3 Å². The lowest BCUT2D eigenvalue weighted by Gasteiger charge is -2.31. The van der Waals surface area contributed by atoms with Crippen LogP contribution in [0.1, 0.15) is 28.2 Å². The van der Waals surface area contributed by atoms with Crippen LogP contribution in [0.25, 0.3) is 0 Å². The average Bonchev–Trinajstić information content (AvgIpc) is 2.84. The van der Waals surface area contributed by atoms with Crippen molar-refractivity contribution in [1.82, 2.24) is 4.90 Å². The molecule has 1 amide bonds. The second-order valence-electron chi connectivity index (χ2n) is 8.71. The average molecular weight is 521 g/mol. The van der Waals surface area contributed by atoms with Crippen molar-refractivity contribution in [2.24, 2.45) is 0 Å². The molecule has 0 aliphatic rings. The molecule has 3 aromatic rings. The van der Waals surface area contributed by atoms with Crippen LogP contribution in [0, 0.1) is 0 Å². The van der Waals surface area contributed by atoms with Gasteiger partial charge in [0.05, 0.1) is 11.1 Å². The number of carbonyl (C=O) groups is 1. The molecule has 3 nitrogen and oxygen atoms in total. The number of hydrogen-bond donors (Lipinski definition) is 0. The van der Waals surface area contributed by atoms with E-state index >= 15 is 0 Å². The van der Waals surface area contributed by atoms with Gasteiger partial charge in [-0.05, 0) is 53.9 Å². The molecule has 9 heteroatoms. The third-order valence-corrected chi connectivity index (χ3v) is 5.97. The fraction of sp³-hybridized carbons (Fsp3) is 0.250. The van der Waals surface area contributed by atoms with Crippen LogP contribution in [0.4, 0.5) is 32.0 Å². The quantitative estimate of drug-likeness (QED) is 0.294. The minimum absolute atomic E-state index is 0.0274. The van der Waals surface area contributed by atoms with Crippen LogP contribution in [-0.4, -0.2) is 31.4 Å². The summed E-state index contributed by atoms with van der Waals surface area (Å²) in [7, 11) is 3.46. The van der Waals surface area contributed by atoms with Crippen LogP contribution in [0.2, 0.25) is 0 Å². The first-order valence-corrected chi connectivity index (χ1v) is 11.3. The Balaban J connectivity index is 1.98. The molecule has 0 bridgehead atoms. The first-order valence-electron chi connectivity index (χ1n) is 11.3. The van der Waals surface area contributed by atoms with Gasteiger partial charge in [-0.2, -0.15) is 26.3 Å². The van der Waals surface area contributed by atoms with Crippen LogP contribution in [-0.2, 0) is 23.6 Å². The number of nitrogens with zero attached hydrogens (tertiary/aromatic N) is 2. The van der Waals surface area contributed by atoms with Crippen LogP contribution in [0.3, 0.4) is 0 Å². The topological polar surface area (TPSA) is 23.6 Å². The van der Waals surface area contributed by atoms with Gasteiger partial charge in [0, 0.05) is 32.0 Å². The Hall–Kier alpha value is -3.75. The van der Waals surface area contributed by atoms with Gasteiger partial charge >= 0.3 is 12.4 Å². The Bertz CT molecular complexity index is 1200. The van der Waals surface area contributed by atoms with E-state index in [4.69, 9.17) is 0 Å². The molecule has 37 heavy (non-hydrogen) atoms. The van der Waals surface area contributed by atoms with Crippen LogP contribution in [0.15, 0.2) is 91.1 Å². The molecule has 0 radical (unpaired) electrons. The van der Waals surface area contributed by atoms with Crippen molar-refractivity contribution in [2.45, 2.75) is 24.7 Å². The molecule has 0 fully saturated rings. The van der Waals surface area contributed by atoms with E-state index in [1.807, 2.05) is 0 Å². The van der Waals surface area contributed by atoms with Crippen molar-refractivity contribution in [2.75, 3.05) is 25.5 Å². The summed E-state index contributed by atoms with van der Waals surface area (Å²) in [6.07, 6.45) is -8.84. The Morgan fingerprint density at radius 1 is 0.784 bits per heavy atom. The van der Waals surface area contributed by atoms with Crippen molar-refractivity contribution in [3.8, 4) is 0 Å². The fourth-order valence-corrected chi connectivity index (χ4v) is 3.84. The maximum absolute atomic E-state index is 13.9. The lowest BCUT2D eigenvalue weighted by molar-refractivity contribution is -0.138. The summed E-state index contributed by atoms with van der Waals surface area (Å²) in [6.45, 7) is 4.08. The Kier molecular flexibility index (Phi) is 8.35. The van der Waals surface area contributed by atoms with E-state index in [9.17, 15) is 31.1 Å². The normalized spacial score (nSPS) is 12.6. The summed E-state index contributed by atoms with van der Waals surface area (Å²) in [5.41, 5.74) is 0.250. The summed E-state index contributed by atoms with van der Waals surface area (Å²) < 4.78 is 78.2. The second kappa shape index (κ2) is 11.1. The number of rotatable bonds is 8. The van der Waals surface area contributed by atoms with Gasteiger partial charge in [0.2, 0.25) is 5.91 Å². The number of likely N-dealkylation sites (N-methyl/N-ethyl adjacent to an activating group) is 1. The molecule has 3 aromatic carbocycles. The van der Waals surface area contributed by atoms with Gasteiger partial charge < -0.3 is 9.80 Å². The van der Waals surface area contributed by atoms with Crippen LogP contribution < -0.4 is 4.90 Å². The SMILES string of the molecule is C=C(C(C(=O)N(CCc1ccc(C(F)(F)F)cc1)c1ccc(C(F)(F)F)cc1)c1ccccc1)N(C)C.